The van der Waals surface area contributed by atoms with Gasteiger partial charge in [-0.1, -0.05) is 6.92 Å². The Morgan fingerprint density at radius 3 is 2.77 bits per heavy atom. The van der Waals surface area contributed by atoms with Gasteiger partial charge in [0, 0.05) is 42.3 Å². The van der Waals surface area contributed by atoms with Crippen molar-refractivity contribution in [2.24, 2.45) is 0 Å². The largest absolute Gasteiger partial charge is 0.378 e. The summed E-state index contributed by atoms with van der Waals surface area (Å²) in [5.41, 5.74) is 3.55. The highest BCUT2D eigenvalue weighted by Crippen LogP contribution is 2.38. The lowest BCUT2D eigenvalue weighted by molar-refractivity contribution is -0.282. The number of pyridine rings is 1. The highest BCUT2D eigenvalue weighted by molar-refractivity contribution is 5.62. The quantitative estimate of drug-likeness (QED) is 0.479. The van der Waals surface area contributed by atoms with Crippen molar-refractivity contribution in [1.82, 2.24) is 19.9 Å². The van der Waals surface area contributed by atoms with Crippen LogP contribution >= 0.6 is 0 Å². The van der Waals surface area contributed by atoms with Crippen molar-refractivity contribution < 1.29 is 9.78 Å². The van der Waals surface area contributed by atoms with Gasteiger partial charge in [-0.15, -0.1) is 0 Å². The van der Waals surface area contributed by atoms with Gasteiger partial charge < -0.3 is 15.5 Å². The van der Waals surface area contributed by atoms with Crippen molar-refractivity contribution in [2.75, 3.05) is 24.3 Å². The molecule has 9 nitrogen and oxygen atoms in total. The van der Waals surface area contributed by atoms with E-state index < -0.39 is 0 Å². The van der Waals surface area contributed by atoms with Gasteiger partial charge in [0.25, 0.3) is 0 Å². The van der Waals surface area contributed by atoms with Crippen LogP contribution in [-0.4, -0.2) is 45.6 Å². The van der Waals surface area contributed by atoms with E-state index in [-0.39, 0.29) is 5.69 Å². The van der Waals surface area contributed by atoms with E-state index in [1.165, 1.54) is 25.1 Å². The molecule has 1 saturated carbocycles. The normalized spacial score (nSPS) is 19.5. The number of fused-ring (bicyclic) bond motifs is 2. The summed E-state index contributed by atoms with van der Waals surface area (Å²) in [6.07, 6.45) is 10.4. The Morgan fingerprint density at radius 1 is 1.23 bits per heavy atom. The molecule has 1 aliphatic heterocycles. The molecule has 9 heteroatoms. The van der Waals surface area contributed by atoms with Gasteiger partial charge in [0.05, 0.1) is 25.5 Å². The second-order valence-electron chi connectivity index (χ2n) is 7.41. The Bertz CT molecular complexity index is 955. The van der Waals surface area contributed by atoms with Gasteiger partial charge in [0.15, 0.2) is 5.69 Å². The fraction of sp³-hybridized carbons (Fsp3) is 0.429. The molecule has 1 fully saturated rings. The van der Waals surface area contributed by atoms with E-state index >= 15 is 0 Å². The zero-order chi connectivity index (χ0) is 20.9. The van der Waals surface area contributed by atoms with Crippen LogP contribution in [0.2, 0.25) is 0 Å². The van der Waals surface area contributed by atoms with Gasteiger partial charge in [0.1, 0.15) is 24.3 Å². The Balaban J connectivity index is 1.52. The Labute approximate surface area is 175 Å². The van der Waals surface area contributed by atoms with Gasteiger partial charge >= 0.3 is 0 Å². The first-order valence-corrected chi connectivity index (χ1v) is 10.1. The summed E-state index contributed by atoms with van der Waals surface area (Å²) >= 11 is 0. The summed E-state index contributed by atoms with van der Waals surface area (Å²) in [5.74, 6) is 1.15. The van der Waals surface area contributed by atoms with Crippen molar-refractivity contribution in [1.29, 1.82) is 5.26 Å². The molecule has 0 radical (unpaired) electrons. The van der Waals surface area contributed by atoms with Crippen LogP contribution in [0.5, 0.6) is 0 Å². The van der Waals surface area contributed by atoms with Crippen molar-refractivity contribution in [3.8, 4) is 6.07 Å². The summed E-state index contributed by atoms with van der Waals surface area (Å²) in [4.78, 5) is 25.0. The average Bonchev–Trinajstić information content (AvgIpc) is 3.34. The van der Waals surface area contributed by atoms with Gasteiger partial charge in [-0.25, -0.2) is 24.7 Å². The van der Waals surface area contributed by atoms with Gasteiger partial charge in [-0.2, -0.15) is 5.26 Å². The first kappa shape index (κ1) is 20.1. The number of nitrogens with one attached hydrogen (secondary N) is 2. The molecule has 0 saturated heterocycles. The maximum atomic E-state index is 8.86. The number of hydrogen-bond donors (Lipinski definition) is 2. The summed E-state index contributed by atoms with van der Waals surface area (Å²) < 4.78 is 0. The lowest BCUT2D eigenvalue weighted by Gasteiger charge is -2.29. The zero-order valence-electron chi connectivity index (χ0n) is 17.1. The Morgan fingerprint density at radius 2 is 2.10 bits per heavy atom. The van der Waals surface area contributed by atoms with E-state index in [2.05, 4.69) is 43.6 Å². The highest BCUT2D eigenvalue weighted by atomic mass is 17.2. The molecule has 1 aliphatic carbocycles. The van der Waals surface area contributed by atoms with Crippen LogP contribution in [0, 0.1) is 11.3 Å². The number of anilines is 3. The molecular weight excluding hydrogens is 382 g/mol. The SMILES string of the molecule is CCCN1C=C2CC1CC2Nc1cc(Nc2cnc(C#N)cn2)ncc1COOC. The van der Waals surface area contributed by atoms with Gasteiger partial charge in [-0.05, 0) is 24.8 Å². The fourth-order valence-corrected chi connectivity index (χ4v) is 3.98. The van der Waals surface area contributed by atoms with Crippen LogP contribution in [0.15, 0.2) is 36.4 Å². The van der Waals surface area contributed by atoms with Crippen LogP contribution in [0.3, 0.4) is 0 Å². The lowest BCUT2D eigenvalue weighted by Crippen LogP contribution is -2.32. The summed E-state index contributed by atoms with van der Waals surface area (Å²) in [6.45, 7) is 3.62. The molecule has 2 bridgehead atoms. The van der Waals surface area contributed by atoms with Crippen molar-refractivity contribution in [3.63, 3.8) is 0 Å². The molecule has 3 heterocycles. The lowest BCUT2D eigenvalue weighted by atomic mass is 10.1. The number of nitriles is 1. The molecular formula is C21H25N7O2. The first-order valence-electron chi connectivity index (χ1n) is 10.1. The summed E-state index contributed by atoms with van der Waals surface area (Å²) in [5, 5.41) is 15.7. The molecule has 0 amide bonds. The molecule has 30 heavy (non-hydrogen) atoms. The standard InChI is InChI=1S/C21H25N7O2/c1-3-4-28-12-14-5-17(28)6-18(14)26-19-7-20(24-9-15(19)13-30-29-2)27-21-11-23-16(8-22)10-25-21/h7,9-12,17-18H,3-6,13H2,1-2H3,(H2,24,25,26,27). The third-order valence-corrected chi connectivity index (χ3v) is 5.38. The molecule has 0 aromatic carbocycles. The van der Waals surface area contributed by atoms with E-state index in [0.29, 0.717) is 30.3 Å². The van der Waals surface area contributed by atoms with E-state index in [4.69, 9.17) is 15.0 Å². The van der Waals surface area contributed by atoms with Crippen LogP contribution in [0.25, 0.3) is 0 Å². The summed E-state index contributed by atoms with van der Waals surface area (Å²) in [7, 11) is 1.49. The molecule has 2 atom stereocenters. The minimum atomic E-state index is 0.268. The van der Waals surface area contributed by atoms with Gasteiger partial charge in [0.2, 0.25) is 0 Å². The molecule has 0 spiro atoms. The monoisotopic (exact) mass is 407 g/mol. The van der Waals surface area contributed by atoms with E-state index in [9.17, 15) is 0 Å². The Hall–Kier alpha value is -3.22. The molecule has 4 rings (SSSR count). The van der Waals surface area contributed by atoms with Crippen molar-refractivity contribution in [3.05, 3.63) is 47.7 Å². The van der Waals surface area contributed by atoms with Crippen LogP contribution in [-0.2, 0) is 16.4 Å². The molecule has 2 aliphatic rings. The molecule has 2 N–H and O–H groups in total. The van der Waals surface area contributed by atoms with Crippen molar-refractivity contribution >= 4 is 17.3 Å². The van der Waals surface area contributed by atoms with Crippen LogP contribution < -0.4 is 10.6 Å². The predicted octanol–water partition coefficient (Wildman–Crippen LogP) is 3.12. The average molecular weight is 407 g/mol. The Kier molecular flexibility index (Phi) is 6.07. The molecule has 2 aromatic rings. The molecule has 2 aromatic heterocycles. The van der Waals surface area contributed by atoms with E-state index in [1.807, 2.05) is 12.1 Å². The van der Waals surface area contributed by atoms with E-state index in [0.717, 1.165) is 37.1 Å². The van der Waals surface area contributed by atoms with Crippen LogP contribution in [0.1, 0.15) is 37.4 Å². The topological polar surface area (TPSA) is 108 Å². The number of aromatic nitrogens is 3. The number of rotatable bonds is 9. The fourth-order valence-electron chi connectivity index (χ4n) is 3.98. The zero-order valence-corrected chi connectivity index (χ0v) is 17.1. The second kappa shape index (κ2) is 9.07. The smallest absolute Gasteiger partial charge is 0.158 e. The maximum absolute atomic E-state index is 8.86. The molecule has 156 valence electrons. The summed E-state index contributed by atoms with van der Waals surface area (Å²) in [6, 6.07) is 4.78. The third kappa shape index (κ3) is 4.35. The highest BCUT2D eigenvalue weighted by Gasteiger charge is 2.37. The van der Waals surface area contributed by atoms with Crippen molar-refractivity contribution in [2.45, 2.75) is 44.9 Å². The number of nitrogens with zero attached hydrogens (tertiary/aromatic N) is 5. The number of hydrogen-bond acceptors (Lipinski definition) is 9. The second-order valence-corrected chi connectivity index (χ2v) is 7.41. The van der Waals surface area contributed by atoms with Crippen LogP contribution in [0.4, 0.5) is 17.3 Å². The first-order chi connectivity index (χ1) is 14.7. The minimum absolute atomic E-state index is 0.268. The predicted molar refractivity (Wildman–Crippen MR) is 112 cm³/mol. The van der Waals surface area contributed by atoms with E-state index in [1.54, 1.807) is 6.20 Å². The third-order valence-electron chi connectivity index (χ3n) is 5.38. The maximum Gasteiger partial charge on any atom is 0.158 e. The van der Waals surface area contributed by atoms with Gasteiger partial charge in [-0.3, -0.25) is 0 Å². The molecule has 2 unspecified atom stereocenters. The minimum Gasteiger partial charge on any atom is -0.378 e.